The first kappa shape index (κ1) is 24.0. The Morgan fingerprint density at radius 1 is 1.06 bits per heavy atom. The van der Waals surface area contributed by atoms with Gasteiger partial charge in [-0.25, -0.2) is 4.39 Å². The number of carbonyl (C=O) groups excluding carboxylic acids is 2. The van der Waals surface area contributed by atoms with Crippen LogP contribution in [0.15, 0.2) is 48.5 Å². The number of para-hydroxylation sites is 2. The molecule has 2 aromatic carbocycles. The van der Waals surface area contributed by atoms with E-state index < -0.39 is 11.2 Å². The summed E-state index contributed by atoms with van der Waals surface area (Å²) in [5.41, 5.74) is 0.580. The molecule has 2 aromatic rings. The fourth-order valence-corrected chi connectivity index (χ4v) is 5.05. The van der Waals surface area contributed by atoms with Gasteiger partial charge < -0.3 is 19.3 Å². The molecule has 0 aromatic heterocycles. The van der Waals surface area contributed by atoms with Crippen molar-refractivity contribution < 1.29 is 23.5 Å². The Labute approximate surface area is 200 Å². The van der Waals surface area contributed by atoms with E-state index >= 15 is 0 Å². The van der Waals surface area contributed by atoms with Crippen LogP contribution in [0.2, 0.25) is 0 Å². The number of nitrogens with zero attached hydrogens (tertiary/aromatic N) is 2. The molecular formula is C27H33FN2O4. The monoisotopic (exact) mass is 468 g/mol. The standard InChI is InChI=1S/C27H33FN2O4/c1-29-17-18-33-23-12-4-2-9-21(23)10-6-7-14-27(26(29)32)15-8-16-30(20-27)25(31)19-34-24-13-5-3-11-22(24)28/h2-5,9,11-13H,6-8,10,14-20H2,1H3. The van der Waals surface area contributed by atoms with E-state index in [1.54, 1.807) is 21.9 Å². The van der Waals surface area contributed by atoms with Gasteiger partial charge in [-0.3, -0.25) is 9.59 Å². The second kappa shape index (κ2) is 10.9. The lowest BCUT2D eigenvalue weighted by Crippen LogP contribution is -2.55. The Kier molecular flexibility index (Phi) is 7.70. The predicted molar refractivity (Wildman–Crippen MR) is 127 cm³/mol. The number of halogens is 1. The molecule has 7 heteroatoms. The summed E-state index contributed by atoms with van der Waals surface area (Å²) >= 11 is 0. The lowest BCUT2D eigenvalue weighted by Gasteiger charge is -2.43. The maximum atomic E-state index is 13.9. The van der Waals surface area contributed by atoms with Crippen molar-refractivity contribution in [1.29, 1.82) is 0 Å². The molecule has 1 atom stereocenters. The quantitative estimate of drug-likeness (QED) is 0.681. The molecule has 4 rings (SSSR count). The summed E-state index contributed by atoms with van der Waals surface area (Å²) in [7, 11) is 1.81. The van der Waals surface area contributed by atoms with Gasteiger partial charge in [-0.1, -0.05) is 36.8 Å². The number of aryl methyl sites for hydroxylation is 1. The minimum absolute atomic E-state index is 0.0599. The Hall–Kier alpha value is -3.09. The molecule has 0 aliphatic carbocycles. The van der Waals surface area contributed by atoms with Crippen LogP contribution in [0.1, 0.15) is 37.7 Å². The van der Waals surface area contributed by atoms with E-state index in [0.29, 0.717) is 26.2 Å². The van der Waals surface area contributed by atoms with Crippen molar-refractivity contribution in [3.63, 3.8) is 0 Å². The number of amides is 2. The van der Waals surface area contributed by atoms with Crippen molar-refractivity contribution in [3.05, 3.63) is 59.9 Å². The van der Waals surface area contributed by atoms with Gasteiger partial charge in [0.1, 0.15) is 12.4 Å². The molecule has 0 radical (unpaired) electrons. The number of piperidine rings is 1. The molecule has 1 unspecified atom stereocenters. The largest absolute Gasteiger partial charge is 0.491 e. The maximum Gasteiger partial charge on any atom is 0.260 e. The Bertz CT molecular complexity index is 1010. The summed E-state index contributed by atoms with van der Waals surface area (Å²) in [5.74, 6) is 0.302. The molecule has 0 N–H and O–H groups in total. The Balaban J connectivity index is 1.45. The minimum Gasteiger partial charge on any atom is -0.491 e. The van der Waals surface area contributed by atoms with Crippen LogP contribution in [-0.4, -0.2) is 61.5 Å². The lowest BCUT2D eigenvalue weighted by molar-refractivity contribution is -0.150. The van der Waals surface area contributed by atoms with E-state index in [-0.39, 0.29) is 24.2 Å². The van der Waals surface area contributed by atoms with Crippen LogP contribution in [0.25, 0.3) is 0 Å². The number of rotatable bonds is 3. The second-order valence-electron chi connectivity index (χ2n) is 9.31. The highest BCUT2D eigenvalue weighted by Crippen LogP contribution is 2.38. The van der Waals surface area contributed by atoms with E-state index in [4.69, 9.17) is 9.47 Å². The van der Waals surface area contributed by atoms with Gasteiger partial charge in [0.05, 0.1) is 12.0 Å². The lowest BCUT2D eigenvalue weighted by atomic mass is 9.74. The van der Waals surface area contributed by atoms with Crippen LogP contribution in [0.5, 0.6) is 11.5 Å². The van der Waals surface area contributed by atoms with Gasteiger partial charge in [0, 0.05) is 20.1 Å². The third kappa shape index (κ3) is 5.51. The van der Waals surface area contributed by atoms with Crippen molar-refractivity contribution in [1.82, 2.24) is 9.80 Å². The first-order valence-electron chi connectivity index (χ1n) is 12.1. The maximum absolute atomic E-state index is 13.9. The summed E-state index contributed by atoms with van der Waals surface area (Å²) in [6.07, 6.45) is 4.98. The summed E-state index contributed by atoms with van der Waals surface area (Å²) in [6, 6.07) is 14.1. The van der Waals surface area contributed by atoms with E-state index in [9.17, 15) is 14.0 Å². The fraction of sp³-hybridized carbons (Fsp3) is 0.481. The normalized spacial score (nSPS) is 21.8. The van der Waals surface area contributed by atoms with Crippen LogP contribution < -0.4 is 9.47 Å². The summed E-state index contributed by atoms with van der Waals surface area (Å²) < 4.78 is 25.3. The number of ether oxygens (including phenoxy) is 2. The van der Waals surface area contributed by atoms with Crippen molar-refractivity contribution >= 4 is 11.8 Å². The molecule has 2 heterocycles. The average molecular weight is 469 g/mol. The molecular weight excluding hydrogens is 435 g/mol. The number of benzene rings is 2. The highest BCUT2D eigenvalue weighted by molar-refractivity contribution is 5.85. The first-order chi connectivity index (χ1) is 16.5. The van der Waals surface area contributed by atoms with Gasteiger partial charge in [0.15, 0.2) is 18.2 Å². The van der Waals surface area contributed by atoms with Crippen molar-refractivity contribution in [3.8, 4) is 11.5 Å². The molecule has 0 bridgehead atoms. The Morgan fingerprint density at radius 3 is 2.68 bits per heavy atom. The number of carbonyl (C=O) groups is 2. The van der Waals surface area contributed by atoms with Crippen LogP contribution in [-0.2, 0) is 16.0 Å². The number of likely N-dealkylation sites (N-methyl/N-ethyl adjacent to an activating group) is 1. The van der Waals surface area contributed by atoms with Gasteiger partial charge in [-0.15, -0.1) is 0 Å². The van der Waals surface area contributed by atoms with Crippen LogP contribution >= 0.6 is 0 Å². The van der Waals surface area contributed by atoms with Crippen LogP contribution in [0, 0.1) is 11.2 Å². The SMILES string of the molecule is CN1CCOc2ccccc2CCCCC2(CCCN(C(=O)COc3ccccc3F)C2)C1=O. The topological polar surface area (TPSA) is 59.1 Å². The van der Waals surface area contributed by atoms with E-state index in [1.807, 2.05) is 25.2 Å². The minimum atomic E-state index is -0.612. The second-order valence-corrected chi connectivity index (χ2v) is 9.31. The molecule has 182 valence electrons. The summed E-state index contributed by atoms with van der Waals surface area (Å²) in [6.45, 7) is 1.61. The number of likely N-dealkylation sites (tertiary alicyclic amines) is 1. The number of hydrogen-bond acceptors (Lipinski definition) is 4. The molecule has 1 spiro atoms. The van der Waals surface area contributed by atoms with Gasteiger partial charge in [-0.2, -0.15) is 0 Å². The molecule has 34 heavy (non-hydrogen) atoms. The Morgan fingerprint density at radius 2 is 1.82 bits per heavy atom. The zero-order valence-electron chi connectivity index (χ0n) is 19.8. The van der Waals surface area contributed by atoms with Gasteiger partial charge in [0.25, 0.3) is 5.91 Å². The van der Waals surface area contributed by atoms with Crippen molar-refractivity contribution in [2.45, 2.75) is 38.5 Å². The molecule has 1 saturated heterocycles. The third-order valence-electron chi connectivity index (χ3n) is 6.93. The zero-order chi connectivity index (χ0) is 24.0. The molecule has 2 aliphatic heterocycles. The molecule has 6 nitrogen and oxygen atoms in total. The highest BCUT2D eigenvalue weighted by atomic mass is 19.1. The number of fused-ring (bicyclic) bond motifs is 1. The van der Waals surface area contributed by atoms with Gasteiger partial charge in [-0.05, 0) is 55.9 Å². The van der Waals surface area contributed by atoms with E-state index in [1.165, 1.54) is 17.7 Å². The summed E-state index contributed by atoms with van der Waals surface area (Å²) in [5, 5.41) is 0. The van der Waals surface area contributed by atoms with E-state index in [2.05, 4.69) is 6.07 Å². The number of hydrogen-bond donors (Lipinski definition) is 0. The third-order valence-corrected chi connectivity index (χ3v) is 6.93. The van der Waals surface area contributed by atoms with Crippen LogP contribution in [0.4, 0.5) is 4.39 Å². The highest BCUT2D eigenvalue weighted by Gasteiger charge is 2.44. The van der Waals surface area contributed by atoms with Crippen molar-refractivity contribution in [2.24, 2.45) is 5.41 Å². The predicted octanol–water partition coefficient (Wildman–Crippen LogP) is 4.08. The van der Waals surface area contributed by atoms with Crippen molar-refractivity contribution in [2.75, 3.05) is 39.9 Å². The van der Waals surface area contributed by atoms with E-state index in [0.717, 1.165) is 44.3 Å². The fourth-order valence-electron chi connectivity index (χ4n) is 5.05. The summed E-state index contributed by atoms with van der Waals surface area (Å²) in [4.78, 5) is 30.0. The molecule has 2 aliphatic rings. The van der Waals surface area contributed by atoms with Gasteiger partial charge >= 0.3 is 0 Å². The smallest absolute Gasteiger partial charge is 0.260 e. The average Bonchev–Trinajstić information content (AvgIpc) is 2.85. The first-order valence-corrected chi connectivity index (χ1v) is 12.1. The molecule has 1 fully saturated rings. The van der Waals surface area contributed by atoms with Crippen LogP contribution in [0.3, 0.4) is 0 Å². The van der Waals surface area contributed by atoms with Gasteiger partial charge in [0.2, 0.25) is 5.91 Å². The zero-order valence-corrected chi connectivity index (χ0v) is 19.8. The molecule has 0 saturated carbocycles. The molecule has 2 amide bonds.